The number of unbranched alkanes of at least 4 members (excludes halogenated alkanes) is 1. The van der Waals surface area contributed by atoms with E-state index < -0.39 is 35.1 Å². The van der Waals surface area contributed by atoms with E-state index in [2.05, 4.69) is 17.4 Å². The van der Waals surface area contributed by atoms with Crippen molar-refractivity contribution in [2.24, 2.45) is 11.7 Å². The number of rotatable bonds is 13. The number of nitrogens with zero attached hydrogens (tertiary/aromatic N) is 1. The smallest absolute Gasteiger partial charge is 0.327 e. The Morgan fingerprint density at radius 2 is 1.72 bits per heavy atom. The number of esters is 1. The van der Waals surface area contributed by atoms with Crippen LogP contribution in [0.4, 0.5) is 0 Å². The first-order valence-electron chi connectivity index (χ1n) is 10.7. The fraction of sp³-hybridized carbons (Fsp3) is 0.565. The van der Waals surface area contributed by atoms with E-state index in [0.717, 1.165) is 4.90 Å². The molecule has 2 amide bonds. The van der Waals surface area contributed by atoms with Gasteiger partial charge in [0.25, 0.3) is 0 Å². The van der Waals surface area contributed by atoms with Gasteiger partial charge in [0.1, 0.15) is 6.04 Å². The molecule has 0 radical (unpaired) electrons. The number of hydrogen-bond donors (Lipinski definition) is 3. The summed E-state index contributed by atoms with van der Waals surface area (Å²) in [5.41, 5.74) is 6.72. The maximum absolute atomic E-state index is 13.2. The number of carboxylic acid groups (broad SMARTS) is 1. The average Bonchev–Trinajstić information content (AvgIpc) is 2.75. The van der Waals surface area contributed by atoms with Gasteiger partial charge in [0.2, 0.25) is 11.8 Å². The third kappa shape index (κ3) is 9.00. The average molecular weight is 467 g/mol. The minimum atomic E-state index is -1.40. The number of benzene rings is 1. The molecule has 0 aliphatic carbocycles. The highest BCUT2D eigenvalue weighted by atomic mass is 32.1. The van der Waals surface area contributed by atoms with Crippen molar-refractivity contribution in [2.45, 2.75) is 69.7 Å². The zero-order chi connectivity index (χ0) is 24.3. The molecule has 178 valence electrons. The molecular weight excluding hydrogens is 432 g/mol. The number of amides is 2. The van der Waals surface area contributed by atoms with Crippen LogP contribution in [0.5, 0.6) is 0 Å². The maximum Gasteiger partial charge on any atom is 0.327 e. The van der Waals surface area contributed by atoms with Gasteiger partial charge in [-0.25, -0.2) is 4.79 Å². The lowest BCUT2D eigenvalue weighted by atomic mass is 9.99. The van der Waals surface area contributed by atoms with Gasteiger partial charge >= 0.3 is 11.9 Å². The predicted octanol–water partition coefficient (Wildman–Crippen LogP) is 2.44. The number of aliphatic carboxylic acids is 1. The fourth-order valence-electron chi connectivity index (χ4n) is 3.32. The first-order chi connectivity index (χ1) is 15.1. The summed E-state index contributed by atoms with van der Waals surface area (Å²) in [5, 5.41) is 8.98. The molecule has 1 aromatic carbocycles. The zero-order valence-electron chi connectivity index (χ0n) is 18.9. The second-order valence-corrected chi connectivity index (χ2v) is 8.79. The Kier molecular flexibility index (Phi) is 12.0. The Labute approximate surface area is 194 Å². The van der Waals surface area contributed by atoms with Crippen LogP contribution >= 0.6 is 12.6 Å². The van der Waals surface area contributed by atoms with Gasteiger partial charge in [-0.2, -0.15) is 12.6 Å². The van der Waals surface area contributed by atoms with Crippen molar-refractivity contribution in [3.05, 3.63) is 35.9 Å². The molecule has 0 spiro atoms. The number of hydrogen-bond acceptors (Lipinski definition) is 7. The molecule has 3 atom stereocenters. The Morgan fingerprint density at radius 3 is 2.25 bits per heavy atom. The van der Waals surface area contributed by atoms with E-state index in [-0.39, 0.29) is 31.1 Å². The van der Waals surface area contributed by atoms with Crippen LogP contribution in [0.2, 0.25) is 0 Å². The fourth-order valence-corrected chi connectivity index (χ4v) is 3.63. The summed E-state index contributed by atoms with van der Waals surface area (Å²) in [6.45, 7) is 3.78. The molecule has 8 nitrogen and oxygen atoms in total. The minimum Gasteiger partial charge on any atom is -0.480 e. The topological polar surface area (TPSA) is 127 Å². The number of methoxy groups -OCH3 is 1. The second-order valence-electron chi connectivity index (χ2n) is 8.16. The highest BCUT2D eigenvalue weighted by molar-refractivity contribution is 7.81. The Balaban J connectivity index is 3.08. The van der Waals surface area contributed by atoms with Gasteiger partial charge in [-0.1, -0.05) is 50.6 Å². The van der Waals surface area contributed by atoms with E-state index >= 15 is 0 Å². The lowest BCUT2D eigenvalue weighted by Crippen LogP contribution is -2.57. The van der Waals surface area contributed by atoms with Gasteiger partial charge in [-0.05, 0) is 30.7 Å². The molecule has 0 heterocycles. The van der Waals surface area contributed by atoms with Crippen molar-refractivity contribution in [1.29, 1.82) is 0 Å². The molecule has 32 heavy (non-hydrogen) atoms. The molecule has 9 heteroatoms. The number of thiol groups is 1. The minimum absolute atomic E-state index is 0.0368. The highest BCUT2D eigenvalue weighted by Gasteiger charge is 2.39. The van der Waals surface area contributed by atoms with Crippen molar-refractivity contribution in [2.75, 3.05) is 7.11 Å². The summed E-state index contributed by atoms with van der Waals surface area (Å²) in [4.78, 5) is 50.5. The summed E-state index contributed by atoms with van der Waals surface area (Å²) in [6.07, 6.45) is 1.75. The number of carbonyl (C=O) groups excluding carboxylic acids is 3. The van der Waals surface area contributed by atoms with Crippen LogP contribution in [0, 0.1) is 5.92 Å². The third-order valence-corrected chi connectivity index (χ3v) is 5.49. The predicted molar refractivity (Wildman–Crippen MR) is 124 cm³/mol. The van der Waals surface area contributed by atoms with Crippen LogP contribution < -0.4 is 5.73 Å². The number of imide groups is 1. The monoisotopic (exact) mass is 466 g/mol. The van der Waals surface area contributed by atoms with Crippen LogP contribution in [-0.2, 0) is 30.3 Å². The molecule has 0 bridgehead atoms. The van der Waals surface area contributed by atoms with Crippen LogP contribution in [0.1, 0.15) is 51.5 Å². The van der Waals surface area contributed by atoms with Gasteiger partial charge < -0.3 is 15.6 Å². The lowest BCUT2D eigenvalue weighted by molar-refractivity contribution is -0.158. The molecule has 0 aromatic heterocycles. The molecular formula is C23H34N2O6S. The Hall–Kier alpha value is -2.39. The number of carbonyl (C=O) groups is 4. The highest BCUT2D eigenvalue weighted by Crippen LogP contribution is 2.19. The molecule has 0 saturated carbocycles. The van der Waals surface area contributed by atoms with E-state index in [1.54, 1.807) is 30.3 Å². The third-order valence-electron chi connectivity index (χ3n) is 5.01. The van der Waals surface area contributed by atoms with E-state index in [1.807, 2.05) is 13.8 Å². The van der Waals surface area contributed by atoms with E-state index in [4.69, 9.17) is 5.73 Å². The van der Waals surface area contributed by atoms with Crippen molar-refractivity contribution in [1.82, 2.24) is 4.90 Å². The molecule has 0 fully saturated rings. The first kappa shape index (κ1) is 27.6. The van der Waals surface area contributed by atoms with Gasteiger partial charge in [0.05, 0.1) is 18.4 Å². The van der Waals surface area contributed by atoms with E-state index in [9.17, 15) is 24.3 Å². The summed E-state index contributed by atoms with van der Waals surface area (Å²) < 4.78 is 4.59. The van der Waals surface area contributed by atoms with Gasteiger partial charge in [-0.15, -0.1) is 0 Å². The molecule has 1 rings (SSSR count). The summed E-state index contributed by atoms with van der Waals surface area (Å²) in [5.74, 6) is -2.97. The van der Waals surface area contributed by atoms with Crippen LogP contribution in [-0.4, -0.2) is 58.2 Å². The molecule has 3 unspecified atom stereocenters. The lowest BCUT2D eigenvalue weighted by Gasteiger charge is -2.31. The van der Waals surface area contributed by atoms with Crippen LogP contribution in [0.25, 0.3) is 0 Å². The molecule has 3 N–H and O–H groups in total. The number of carboxylic acids is 1. The van der Waals surface area contributed by atoms with E-state index in [0.29, 0.717) is 24.8 Å². The first-order valence-corrected chi connectivity index (χ1v) is 11.2. The van der Waals surface area contributed by atoms with Crippen LogP contribution in [0.3, 0.4) is 0 Å². The van der Waals surface area contributed by atoms with E-state index in [1.165, 1.54) is 7.11 Å². The van der Waals surface area contributed by atoms with Gasteiger partial charge in [-0.3, -0.25) is 19.3 Å². The zero-order valence-corrected chi connectivity index (χ0v) is 19.8. The summed E-state index contributed by atoms with van der Waals surface area (Å²) in [7, 11) is 1.30. The Bertz CT molecular complexity index is 771. The SMILES string of the molecule is COC(=O)CCCCC(S)C(=O)N(C(=O)C(N)CC(C)C)C(Cc1ccccc1)C(=O)O. The van der Waals surface area contributed by atoms with Crippen molar-refractivity contribution in [3.8, 4) is 0 Å². The number of ether oxygens (including phenoxy) is 1. The normalized spacial score (nSPS) is 13.8. The maximum atomic E-state index is 13.2. The quantitative estimate of drug-likeness (QED) is 0.231. The van der Waals surface area contributed by atoms with Gasteiger partial charge in [0.15, 0.2) is 0 Å². The molecule has 0 saturated heterocycles. The number of nitrogens with two attached hydrogens (primary N) is 1. The molecule has 1 aromatic rings. The van der Waals surface area contributed by atoms with Crippen molar-refractivity contribution in [3.63, 3.8) is 0 Å². The van der Waals surface area contributed by atoms with Crippen molar-refractivity contribution < 1.29 is 29.0 Å². The molecule has 0 aliphatic rings. The van der Waals surface area contributed by atoms with Crippen LogP contribution in [0.15, 0.2) is 30.3 Å². The summed E-state index contributed by atoms with van der Waals surface area (Å²) >= 11 is 4.34. The largest absolute Gasteiger partial charge is 0.480 e. The Morgan fingerprint density at radius 1 is 1.09 bits per heavy atom. The molecule has 0 aliphatic heterocycles. The van der Waals surface area contributed by atoms with Gasteiger partial charge in [0, 0.05) is 12.8 Å². The summed E-state index contributed by atoms with van der Waals surface area (Å²) in [6, 6.07) is 6.38. The van der Waals surface area contributed by atoms with Crippen molar-refractivity contribution >= 4 is 36.4 Å². The standard InChI is InChI=1S/C23H34N2O6S/c1-15(2)13-17(24)21(27)25(18(23(29)30)14-16-9-5-4-6-10-16)22(28)19(32)11-7-8-12-20(26)31-3/h4-6,9-10,15,17-19,32H,7-8,11-14,24H2,1-3H3,(H,29,30). The second kappa shape index (κ2) is 13.9.